The summed E-state index contributed by atoms with van der Waals surface area (Å²) in [5, 5.41) is 8.96. The van der Waals surface area contributed by atoms with Crippen molar-refractivity contribution >= 4 is 22.7 Å². The lowest BCUT2D eigenvalue weighted by Gasteiger charge is -2.37. The molecule has 0 radical (unpaired) electrons. The summed E-state index contributed by atoms with van der Waals surface area (Å²) in [7, 11) is 1.61. The van der Waals surface area contributed by atoms with Gasteiger partial charge >= 0.3 is 0 Å². The van der Waals surface area contributed by atoms with E-state index in [1.54, 1.807) is 16.8 Å². The minimum Gasteiger partial charge on any atom is -0.488 e. The first-order chi connectivity index (χ1) is 20.8. The Labute approximate surface area is 250 Å². The number of hydrogen-bond donors (Lipinski definition) is 2. The molecule has 2 aromatic rings. The number of nitrogens with zero attached hydrogens (tertiary/aromatic N) is 3. The first-order valence-corrected chi connectivity index (χ1v) is 15.1. The number of carbonyl (C=O) groups excluding carboxylic acids is 2. The fourth-order valence-electron chi connectivity index (χ4n) is 5.78. The van der Waals surface area contributed by atoms with E-state index in [0.717, 1.165) is 37.8 Å². The zero-order chi connectivity index (χ0) is 30.8. The van der Waals surface area contributed by atoms with Crippen LogP contribution >= 0.6 is 0 Å². The largest absolute Gasteiger partial charge is 0.488 e. The van der Waals surface area contributed by atoms with Crippen molar-refractivity contribution in [3.05, 3.63) is 29.5 Å². The van der Waals surface area contributed by atoms with E-state index in [2.05, 4.69) is 0 Å². The molecule has 2 heterocycles. The van der Waals surface area contributed by atoms with Gasteiger partial charge in [-0.1, -0.05) is 19.3 Å². The van der Waals surface area contributed by atoms with E-state index in [9.17, 15) is 18.4 Å². The third kappa shape index (κ3) is 8.42. The van der Waals surface area contributed by atoms with Gasteiger partial charge in [0.25, 0.3) is 5.91 Å². The smallest absolute Gasteiger partial charge is 0.274 e. The minimum absolute atomic E-state index is 0.0398. The summed E-state index contributed by atoms with van der Waals surface area (Å²) in [6, 6.07) is 1.56. The van der Waals surface area contributed by atoms with E-state index >= 15 is 0 Å². The van der Waals surface area contributed by atoms with Crippen LogP contribution in [-0.2, 0) is 26.1 Å². The van der Waals surface area contributed by atoms with Crippen LogP contribution in [0.4, 0.5) is 8.78 Å². The third-order valence-electron chi connectivity index (χ3n) is 8.17. The van der Waals surface area contributed by atoms with Crippen LogP contribution in [0.3, 0.4) is 0 Å². The van der Waals surface area contributed by atoms with Gasteiger partial charge in [0.1, 0.15) is 6.61 Å². The van der Waals surface area contributed by atoms with Crippen LogP contribution in [0.15, 0.2) is 12.1 Å². The Balaban J connectivity index is 1.36. The highest BCUT2D eigenvalue weighted by Gasteiger charge is 2.34. The predicted molar refractivity (Wildman–Crippen MR) is 155 cm³/mol. The summed E-state index contributed by atoms with van der Waals surface area (Å²) in [5.41, 5.74) is 6.84. The molecule has 2 aliphatic rings. The fourth-order valence-corrected chi connectivity index (χ4v) is 5.78. The van der Waals surface area contributed by atoms with Crippen LogP contribution < -0.4 is 10.5 Å². The standard InChI is InChI=1S/C30H44F2N4O7/c1-34-25-20-24(32)23(31)19-22(25)28(43-18-17-42-16-15-41-14-13-40-12-11-37)27(34)30(39)36-9-7-35(8-10-36)29(38)26(33)21-5-3-2-4-6-21/h19-21,26,37H,2-18,33H2,1H3/t26-/m0/s1. The number of aryl methyl sites for hydroxylation is 1. The number of amides is 2. The molecular formula is C30H44F2N4O7. The average molecular weight is 611 g/mol. The van der Waals surface area contributed by atoms with Crippen molar-refractivity contribution in [1.82, 2.24) is 14.4 Å². The van der Waals surface area contributed by atoms with Gasteiger partial charge in [-0.15, -0.1) is 0 Å². The van der Waals surface area contributed by atoms with Gasteiger partial charge in [0.15, 0.2) is 23.1 Å². The summed E-state index contributed by atoms with van der Waals surface area (Å²) in [6.45, 7) is 3.19. The maximum Gasteiger partial charge on any atom is 0.274 e. The van der Waals surface area contributed by atoms with E-state index in [1.807, 2.05) is 0 Å². The van der Waals surface area contributed by atoms with Gasteiger partial charge in [0.2, 0.25) is 5.91 Å². The molecule has 1 aromatic carbocycles. The molecule has 1 aliphatic carbocycles. The van der Waals surface area contributed by atoms with E-state index in [4.69, 9.17) is 29.8 Å². The van der Waals surface area contributed by atoms with Gasteiger partial charge in [-0.25, -0.2) is 8.78 Å². The van der Waals surface area contributed by atoms with Crippen LogP contribution in [0.25, 0.3) is 10.9 Å². The maximum atomic E-state index is 14.3. The van der Waals surface area contributed by atoms with Crippen LogP contribution in [0.5, 0.6) is 5.75 Å². The molecule has 1 atom stereocenters. The van der Waals surface area contributed by atoms with Crippen LogP contribution in [-0.4, -0.2) is 116 Å². The SMILES string of the molecule is Cn1c(C(=O)N2CCN(C(=O)[C@@H](N)C3CCCCC3)CC2)c(OCCOCCOCCOCCO)c2cc(F)c(F)cc21. The van der Waals surface area contributed by atoms with Crippen LogP contribution in [0.1, 0.15) is 42.6 Å². The van der Waals surface area contributed by atoms with Crippen molar-refractivity contribution in [2.45, 2.75) is 38.1 Å². The van der Waals surface area contributed by atoms with Crippen molar-refractivity contribution in [1.29, 1.82) is 0 Å². The van der Waals surface area contributed by atoms with Gasteiger partial charge < -0.3 is 44.2 Å². The number of piperazine rings is 1. The average Bonchev–Trinajstić information content (AvgIpc) is 3.29. The van der Waals surface area contributed by atoms with Gasteiger partial charge in [-0.05, 0) is 24.8 Å². The molecular weight excluding hydrogens is 566 g/mol. The second-order valence-electron chi connectivity index (χ2n) is 11.0. The molecule has 0 spiro atoms. The Morgan fingerprint density at radius 2 is 1.44 bits per heavy atom. The monoisotopic (exact) mass is 610 g/mol. The summed E-state index contributed by atoms with van der Waals surface area (Å²) < 4.78 is 51.9. The first-order valence-electron chi connectivity index (χ1n) is 15.1. The highest BCUT2D eigenvalue weighted by atomic mass is 19.2. The number of nitrogens with two attached hydrogens (primary N) is 1. The summed E-state index contributed by atoms with van der Waals surface area (Å²) in [6.07, 6.45) is 5.32. The maximum absolute atomic E-state index is 14.3. The van der Waals surface area contributed by atoms with Crippen molar-refractivity contribution in [2.24, 2.45) is 18.7 Å². The van der Waals surface area contributed by atoms with E-state index in [1.165, 1.54) is 11.0 Å². The Morgan fingerprint density at radius 1 is 0.884 bits per heavy atom. The summed E-state index contributed by atoms with van der Waals surface area (Å²) in [5.74, 6) is -2.13. The number of fused-ring (bicyclic) bond motifs is 1. The molecule has 43 heavy (non-hydrogen) atoms. The normalized spacial score (nSPS) is 17.0. The molecule has 0 unspecified atom stereocenters. The lowest BCUT2D eigenvalue weighted by Crippen LogP contribution is -2.56. The number of hydrogen-bond acceptors (Lipinski definition) is 8. The molecule has 1 aliphatic heterocycles. The molecule has 2 fully saturated rings. The summed E-state index contributed by atoms with van der Waals surface area (Å²) >= 11 is 0. The zero-order valence-electron chi connectivity index (χ0n) is 24.9. The number of aliphatic hydroxyl groups excluding tert-OH is 1. The first kappa shape index (κ1) is 33.1. The zero-order valence-corrected chi connectivity index (χ0v) is 24.9. The lowest BCUT2D eigenvalue weighted by atomic mass is 9.83. The van der Waals surface area contributed by atoms with Crippen molar-refractivity contribution < 1.29 is 42.4 Å². The highest BCUT2D eigenvalue weighted by molar-refractivity contribution is 6.04. The van der Waals surface area contributed by atoms with Gasteiger partial charge in [-0.3, -0.25) is 9.59 Å². The van der Waals surface area contributed by atoms with Gasteiger partial charge in [0.05, 0.1) is 57.8 Å². The molecule has 11 nitrogen and oxygen atoms in total. The van der Waals surface area contributed by atoms with E-state index < -0.39 is 17.7 Å². The Kier molecular flexibility index (Phi) is 12.5. The number of rotatable bonds is 15. The molecule has 240 valence electrons. The molecule has 3 N–H and O–H groups in total. The molecule has 1 saturated carbocycles. The quantitative estimate of drug-likeness (QED) is 0.294. The molecule has 0 bridgehead atoms. The summed E-state index contributed by atoms with van der Waals surface area (Å²) in [4.78, 5) is 30.2. The lowest BCUT2D eigenvalue weighted by molar-refractivity contribution is -0.135. The Hall–Kier alpha value is -2.84. The highest BCUT2D eigenvalue weighted by Crippen LogP contribution is 2.35. The van der Waals surface area contributed by atoms with Gasteiger partial charge in [-0.2, -0.15) is 0 Å². The number of halogens is 2. The number of ether oxygens (including phenoxy) is 4. The van der Waals surface area contributed by atoms with Crippen molar-refractivity contribution in [3.63, 3.8) is 0 Å². The molecule has 1 saturated heterocycles. The second kappa shape index (κ2) is 16.3. The number of benzene rings is 1. The second-order valence-corrected chi connectivity index (χ2v) is 11.0. The molecule has 1 aromatic heterocycles. The number of carbonyl (C=O) groups is 2. The predicted octanol–water partition coefficient (Wildman–Crippen LogP) is 2.07. The molecule has 13 heteroatoms. The van der Waals surface area contributed by atoms with E-state index in [0.29, 0.717) is 58.1 Å². The Bertz CT molecular complexity index is 1210. The van der Waals surface area contributed by atoms with E-state index in [-0.39, 0.29) is 61.0 Å². The molecule has 4 rings (SSSR count). The van der Waals surface area contributed by atoms with Crippen molar-refractivity contribution in [2.75, 3.05) is 79.0 Å². The molecule has 2 amide bonds. The topological polar surface area (TPSA) is 129 Å². The Morgan fingerprint density at radius 3 is 2.07 bits per heavy atom. The fraction of sp³-hybridized carbons (Fsp3) is 0.667. The minimum atomic E-state index is -1.04. The number of aromatic nitrogens is 1. The number of aliphatic hydroxyl groups is 1. The van der Waals surface area contributed by atoms with Gasteiger partial charge in [0, 0.05) is 44.7 Å². The third-order valence-corrected chi connectivity index (χ3v) is 8.17. The van der Waals surface area contributed by atoms with Crippen LogP contribution in [0.2, 0.25) is 0 Å². The van der Waals surface area contributed by atoms with Crippen LogP contribution in [0, 0.1) is 17.6 Å². The van der Waals surface area contributed by atoms with Crippen molar-refractivity contribution in [3.8, 4) is 5.75 Å².